The summed E-state index contributed by atoms with van der Waals surface area (Å²) in [5, 5.41) is 1.24. The summed E-state index contributed by atoms with van der Waals surface area (Å²) in [4.78, 5) is 17.9. The van der Waals surface area contributed by atoms with Crippen LogP contribution in [0.4, 0.5) is 0 Å². The third-order valence-corrected chi connectivity index (χ3v) is 7.62. The number of fused-ring (bicyclic) bond motifs is 6. The summed E-state index contributed by atoms with van der Waals surface area (Å²) < 4.78 is 22.2. The van der Waals surface area contributed by atoms with Crippen molar-refractivity contribution in [1.29, 1.82) is 0 Å². The smallest absolute Gasteiger partial charge is 0.337 e. The Morgan fingerprint density at radius 2 is 1.84 bits per heavy atom. The lowest BCUT2D eigenvalue weighted by Crippen LogP contribution is -2.39. The van der Waals surface area contributed by atoms with Gasteiger partial charge in [-0.15, -0.1) is 0 Å². The molecule has 3 aromatic carbocycles. The van der Waals surface area contributed by atoms with Gasteiger partial charge >= 0.3 is 5.97 Å². The summed E-state index contributed by atoms with van der Waals surface area (Å²) in [7, 11) is 4.78. The molecule has 190 valence electrons. The Bertz CT molecular complexity index is 1470. The monoisotopic (exact) mass is 498 g/mol. The highest BCUT2D eigenvalue weighted by atomic mass is 16.5. The first kappa shape index (κ1) is 23.4. The van der Waals surface area contributed by atoms with Gasteiger partial charge in [-0.1, -0.05) is 12.1 Å². The van der Waals surface area contributed by atoms with Gasteiger partial charge in [-0.3, -0.25) is 4.90 Å². The lowest BCUT2D eigenvalue weighted by atomic mass is 9.85. The largest absolute Gasteiger partial charge is 0.497 e. The van der Waals surface area contributed by atoms with E-state index in [1.807, 2.05) is 18.2 Å². The van der Waals surface area contributed by atoms with Crippen molar-refractivity contribution in [2.24, 2.45) is 0 Å². The summed E-state index contributed by atoms with van der Waals surface area (Å²) in [6.07, 6.45) is 1.90. The third kappa shape index (κ3) is 4.19. The SMILES string of the molecule is COC(=O)c1ccc(COc2cc3c(cc2OC)C2Cc4c([nH]c5ccc(OC)cc45)CN2CC3)cc1. The molecule has 0 bridgehead atoms. The Kier molecular flexibility index (Phi) is 6.00. The number of ether oxygens (including phenoxy) is 4. The van der Waals surface area contributed by atoms with Crippen LogP contribution < -0.4 is 14.2 Å². The van der Waals surface area contributed by atoms with Gasteiger partial charge in [-0.25, -0.2) is 4.79 Å². The molecular formula is C30H30N2O5. The molecule has 0 saturated carbocycles. The van der Waals surface area contributed by atoms with Crippen LogP contribution in [0.2, 0.25) is 0 Å². The summed E-state index contributed by atoms with van der Waals surface area (Å²) in [5.74, 6) is 2.00. The molecule has 3 heterocycles. The van der Waals surface area contributed by atoms with E-state index in [1.54, 1.807) is 26.4 Å². The fraction of sp³-hybridized carbons (Fsp3) is 0.300. The zero-order valence-electron chi connectivity index (χ0n) is 21.3. The number of esters is 1. The summed E-state index contributed by atoms with van der Waals surface area (Å²) in [5.41, 5.74) is 7.93. The van der Waals surface area contributed by atoms with Crippen molar-refractivity contribution >= 4 is 16.9 Å². The molecule has 7 nitrogen and oxygen atoms in total. The minimum atomic E-state index is -0.348. The van der Waals surface area contributed by atoms with Gasteiger partial charge in [0, 0.05) is 35.7 Å². The lowest BCUT2D eigenvalue weighted by Gasteiger charge is -2.40. The Morgan fingerprint density at radius 1 is 1.00 bits per heavy atom. The summed E-state index contributed by atoms with van der Waals surface area (Å²) >= 11 is 0. The van der Waals surface area contributed by atoms with Gasteiger partial charge < -0.3 is 23.9 Å². The second kappa shape index (κ2) is 9.48. The highest BCUT2D eigenvalue weighted by molar-refractivity contribution is 5.89. The maximum atomic E-state index is 11.7. The van der Waals surface area contributed by atoms with Gasteiger partial charge in [0.25, 0.3) is 0 Å². The van der Waals surface area contributed by atoms with E-state index >= 15 is 0 Å². The Hall–Kier alpha value is -3.97. The van der Waals surface area contributed by atoms with Crippen LogP contribution in [-0.4, -0.2) is 43.7 Å². The van der Waals surface area contributed by atoms with Crippen LogP contribution in [0.3, 0.4) is 0 Å². The standard InChI is InChI=1S/C30H30N2O5/c1-34-21-8-9-25-23(13-21)24-14-27-22-15-28(35-2)29(12-20(22)10-11-32(27)16-26(24)31-25)37-17-18-4-6-19(7-5-18)30(33)36-3/h4-9,12-13,15,27,31H,10-11,14,16-17H2,1-3H3. The minimum Gasteiger partial charge on any atom is -0.497 e. The van der Waals surface area contributed by atoms with E-state index in [0.29, 0.717) is 12.2 Å². The Morgan fingerprint density at radius 3 is 2.59 bits per heavy atom. The second-order valence-electron chi connectivity index (χ2n) is 9.61. The molecule has 1 aromatic heterocycles. The zero-order chi connectivity index (χ0) is 25.5. The molecule has 0 saturated heterocycles. The molecule has 0 aliphatic carbocycles. The van der Waals surface area contributed by atoms with Crippen LogP contribution >= 0.6 is 0 Å². The van der Waals surface area contributed by atoms with Crippen molar-refractivity contribution in [2.45, 2.75) is 32.0 Å². The average Bonchev–Trinajstić information content (AvgIpc) is 3.30. The number of carbonyl (C=O) groups is 1. The molecule has 7 heteroatoms. The molecule has 1 unspecified atom stereocenters. The number of carbonyl (C=O) groups excluding carboxylic acids is 1. The van der Waals surface area contributed by atoms with E-state index in [9.17, 15) is 4.79 Å². The highest BCUT2D eigenvalue weighted by Gasteiger charge is 2.34. The first-order valence-corrected chi connectivity index (χ1v) is 12.5. The van der Waals surface area contributed by atoms with Gasteiger partial charge in [-0.05, 0) is 77.6 Å². The van der Waals surface area contributed by atoms with Crippen molar-refractivity contribution in [3.05, 3.63) is 88.1 Å². The van der Waals surface area contributed by atoms with Crippen LogP contribution in [0.5, 0.6) is 17.2 Å². The quantitative estimate of drug-likeness (QED) is 0.368. The minimum absolute atomic E-state index is 0.287. The molecule has 2 aliphatic rings. The number of aromatic amines is 1. The molecule has 6 rings (SSSR count). The number of methoxy groups -OCH3 is 3. The van der Waals surface area contributed by atoms with Crippen LogP contribution in [0.1, 0.15) is 44.3 Å². The number of rotatable bonds is 6. The first-order valence-electron chi connectivity index (χ1n) is 12.5. The van der Waals surface area contributed by atoms with E-state index in [-0.39, 0.29) is 12.0 Å². The van der Waals surface area contributed by atoms with Crippen molar-refractivity contribution in [2.75, 3.05) is 27.9 Å². The maximum absolute atomic E-state index is 11.7. The number of hydrogen-bond acceptors (Lipinski definition) is 6. The van der Waals surface area contributed by atoms with Crippen LogP contribution in [0.25, 0.3) is 10.9 Å². The molecule has 0 amide bonds. The predicted molar refractivity (Wildman–Crippen MR) is 141 cm³/mol. The lowest BCUT2D eigenvalue weighted by molar-refractivity contribution is 0.0600. The molecular weight excluding hydrogens is 468 g/mol. The van der Waals surface area contributed by atoms with E-state index in [0.717, 1.165) is 54.3 Å². The molecule has 0 fully saturated rings. The molecule has 2 aliphatic heterocycles. The van der Waals surface area contributed by atoms with Crippen LogP contribution in [0.15, 0.2) is 54.6 Å². The number of hydrogen-bond donors (Lipinski definition) is 1. The van der Waals surface area contributed by atoms with Crippen molar-refractivity contribution in [1.82, 2.24) is 9.88 Å². The van der Waals surface area contributed by atoms with Gasteiger partial charge in [0.05, 0.1) is 26.9 Å². The van der Waals surface area contributed by atoms with E-state index in [1.165, 1.54) is 34.9 Å². The van der Waals surface area contributed by atoms with Crippen molar-refractivity contribution < 1.29 is 23.7 Å². The Balaban J connectivity index is 1.26. The van der Waals surface area contributed by atoms with Gasteiger partial charge in [-0.2, -0.15) is 0 Å². The number of nitrogens with zero attached hydrogens (tertiary/aromatic N) is 1. The van der Waals surface area contributed by atoms with Crippen LogP contribution in [0, 0.1) is 0 Å². The van der Waals surface area contributed by atoms with E-state index < -0.39 is 0 Å². The molecule has 1 atom stereocenters. The maximum Gasteiger partial charge on any atom is 0.337 e. The Labute approximate surface area is 215 Å². The van der Waals surface area contributed by atoms with Crippen molar-refractivity contribution in [3.8, 4) is 17.2 Å². The molecule has 4 aromatic rings. The predicted octanol–water partition coefficient (Wildman–Crippen LogP) is 5.21. The second-order valence-corrected chi connectivity index (χ2v) is 9.61. The molecule has 37 heavy (non-hydrogen) atoms. The number of nitrogens with one attached hydrogen (secondary N) is 1. The first-order chi connectivity index (χ1) is 18.1. The van der Waals surface area contributed by atoms with E-state index in [4.69, 9.17) is 18.9 Å². The van der Waals surface area contributed by atoms with E-state index in [2.05, 4.69) is 34.1 Å². The third-order valence-electron chi connectivity index (χ3n) is 7.62. The van der Waals surface area contributed by atoms with Crippen LogP contribution in [-0.2, 0) is 30.7 Å². The number of benzene rings is 3. The van der Waals surface area contributed by atoms with Gasteiger partial charge in [0.15, 0.2) is 11.5 Å². The van der Waals surface area contributed by atoms with Crippen molar-refractivity contribution in [3.63, 3.8) is 0 Å². The molecule has 0 radical (unpaired) electrons. The number of H-pyrrole nitrogens is 1. The normalized spacial score (nSPS) is 16.5. The zero-order valence-corrected chi connectivity index (χ0v) is 21.3. The average molecular weight is 499 g/mol. The van der Waals surface area contributed by atoms with Gasteiger partial charge in [0.2, 0.25) is 0 Å². The number of aromatic nitrogens is 1. The highest BCUT2D eigenvalue weighted by Crippen LogP contribution is 2.44. The fourth-order valence-electron chi connectivity index (χ4n) is 5.65. The topological polar surface area (TPSA) is 73.0 Å². The summed E-state index contributed by atoms with van der Waals surface area (Å²) in [6.45, 7) is 2.28. The molecule has 0 spiro atoms. The van der Waals surface area contributed by atoms with Gasteiger partial charge in [0.1, 0.15) is 12.4 Å². The molecule has 1 N–H and O–H groups in total. The summed E-state index contributed by atoms with van der Waals surface area (Å²) in [6, 6.07) is 18.1. The fourth-order valence-corrected chi connectivity index (χ4v) is 5.65.